The summed E-state index contributed by atoms with van der Waals surface area (Å²) in [6.45, 7) is 12.1. The smallest absolute Gasteiger partial charge is 0.146 e. The molecule has 0 radical (unpaired) electrons. The molecule has 0 spiro atoms. The minimum absolute atomic E-state index is 0.0945. The Morgan fingerprint density at radius 2 is 2.10 bits per heavy atom. The molecule has 1 fully saturated rings. The first kappa shape index (κ1) is 16.2. The molecule has 1 saturated heterocycles. The zero-order chi connectivity index (χ0) is 15.2. The van der Waals surface area contributed by atoms with Crippen LogP contribution >= 0.6 is 0 Å². The van der Waals surface area contributed by atoms with Crippen molar-refractivity contribution < 1.29 is 4.39 Å². The molecule has 1 N–H and O–H groups in total. The first-order chi connectivity index (χ1) is 10.2. The minimum Gasteiger partial charge on any atom is -0.366 e. The summed E-state index contributed by atoms with van der Waals surface area (Å²) in [4.78, 5) is 4.67. The maximum atomic E-state index is 14.4. The van der Waals surface area contributed by atoms with Crippen molar-refractivity contribution in [2.24, 2.45) is 0 Å². The summed E-state index contributed by atoms with van der Waals surface area (Å²) >= 11 is 0. The van der Waals surface area contributed by atoms with E-state index in [9.17, 15) is 4.39 Å². The number of anilines is 1. The van der Waals surface area contributed by atoms with Crippen LogP contribution in [0.15, 0.2) is 18.2 Å². The lowest BCUT2D eigenvalue weighted by Gasteiger charge is -2.41. The van der Waals surface area contributed by atoms with Gasteiger partial charge in [0.25, 0.3) is 0 Å². The molecular weight excluding hydrogens is 265 g/mol. The van der Waals surface area contributed by atoms with Gasteiger partial charge < -0.3 is 10.2 Å². The molecule has 1 aliphatic heterocycles. The third-order valence-electron chi connectivity index (χ3n) is 4.30. The van der Waals surface area contributed by atoms with Gasteiger partial charge in [-0.3, -0.25) is 4.90 Å². The van der Waals surface area contributed by atoms with E-state index in [0.717, 1.165) is 56.9 Å². The van der Waals surface area contributed by atoms with E-state index >= 15 is 0 Å². The molecule has 0 aromatic heterocycles. The van der Waals surface area contributed by atoms with Crippen molar-refractivity contribution >= 4 is 5.69 Å². The molecule has 1 unspecified atom stereocenters. The number of nitrogens with zero attached hydrogens (tertiary/aromatic N) is 2. The van der Waals surface area contributed by atoms with E-state index in [-0.39, 0.29) is 5.82 Å². The van der Waals surface area contributed by atoms with Gasteiger partial charge in [0.05, 0.1) is 5.69 Å². The molecule has 4 heteroatoms. The highest BCUT2D eigenvalue weighted by Crippen LogP contribution is 2.27. The molecule has 0 aliphatic carbocycles. The van der Waals surface area contributed by atoms with Crippen LogP contribution in [0.4, 0.5) is 10.1 Å². The van der Waals surface area contributed by atoms with E-state index in [1.165, 1.54) is 0 Å². The van der Waals surface area contributed by atoms with Gasteiger partial charge in [-0.2, -0.15) is 0 Å². The Morgan fingerprint density at radius 3 is 2.76 bits per heavy atom. The molecule has 118 valence electrons. The molecule has 3 nitrogen and oxygen atoms in total. The van der Waals surface area contributed by atoms with Gasteiger partial charge in [0, 0.05) is 32.2 Å². The summed E-state index contributed by atoms with van der Waals surface area (Å²) in [6.07, 6.45) is 1.09. The first-order valence-electron chi connectivity index (χ1n) is 8.14. The van der Waals surface area contributed by atoms with Gasteiger partial charge in [0.2, 0.25) is 0 Å². The summed E-state index contributed by atoms with van der Waals surface area (Å²) in [5.74, 6) is -0.0945. The maximum Gasteiger partial charge on any atom is 0.146 e. The zero-order valence-corrected chi connectivity index (χ0v) is 13.5. The van der Waals surface area contributed by atoms with Crippen LogP contribution in [0, 0.1) is 5.82 Å². The normalized spacial score (nSPS) is 20.0. The molecule has 0 amide bonds. The summed E-state index contributed by atoms with van der Waals surface area (Å²) in [5, 5.41) is 3.39. The van der Waals surface area contributed by atoms with Crippen molar-refractivity contribution in [1.82, 2.24) is 10.2 Å². The number of halogens is 1. The highest BCUT2D eigenvalue weighted by Gasteiger charge is 2.25. The van der Waals surface area contributed by atoms with Crippen molar-refractivity contribution in [1.29, 1.82) is 0 Å². The van der Waals surface area contributed by atoms with E-state index in [1.807, 2.05) is 12.1 Å². The molecule has 1 aromatic rings. The van der Waals surface area contributed by atoms with Gasteiger partial charge >= 0.3 is 0 Å². The fourth-order valence-corrected chi connectivity index (χ4v) is 3.12. The number of hydrogen-bond donors (Lipinski definition) is 1. The molecule has 0 bridgehead atoms. The van der Waals surface area contributed by atoms with Crippen molar-refractivity contribution in [3.8, 4) is 0 Å². The van der Waals surface area contributed by atoms with Gasteiger partial charge in [-0.15, -0.1) is 0 Å². The van der Waals surface area contributed by atoms with Gasteiger partial charge in [-0.05, 0) is 38.1 Å². The molecule has 21 heavy (non-hydrogen) atoms. The summed E-state index contributed by atoms with van der Waals surface area (Å²) in [7, 11) is 0. The molecule has 2 rings (SSSR count). The highest BCUT2D eigenvalue weighted by molar-refractivity contribution is 5.55. The summed E-state index contributed by atoms with van der Waals surface area (Å²) in [5.41, 5.74) is 1.87. The molecule has 1 aliphatic rings. The van der Waals surface area contributed by atoms with E-state index in [2.05, 4.69) is 35.9 Å². The van der Waals surface area contributed by atoms with Crippen LogP contribution in [0.5, 0.6) is 0 Å². The van der Waals surface area contributed by atoms with E-state index in [4.69, 9.17) is 0 Å². The number of piperazine rings is 1. The Kier molecular flexibility index (Phi) is 6.00. The maximum absolute atomic E-state index is 14.4. The van der Waals surface area contributed by atoms with Gasteiger partial charge in [-0.1, -0.05) is 26.0 Å². The Bertz CT molecular complexity index is 450. The number of benzene rings is 1. The number of para-hydroxylation sites is 1. The SMILES string of the molecule is CCCNCc1cccc(F)c1N1CCN(CC)C(C)C1. The third kappa shape index (κ3) is 3.95. The van der Waals surface area contributed by atoms with E-state index in [1.54, 1.807) is 6.07 Å². The van der Waals surface area contributed by atoms with Gasteiger partial charge in [0.15, 0.2) is 0 Å². The van der Waals surface area contributed by atoms with Crippen molar-refractivity contribution in [3.63, 3.8) is 0 Å². The Balaban J connectivity index is 2.14. The number of nitrogens with one attached hydrogen (secondary N) is 1. The molecule has 1 heterocycles. The average molecular weight is 293 g/mol. The van der Waals surface area contributed by atoms with Crippen LogP contribution in [-0.2, 0) is 6.54 Å². The predicted octanol–water partition coefficient (Wildman–Crippen LogP) is 2.86. The van der Waals surface area contributed by atoms with Crippen molar-refractivity contribution in [3.05, 3.63) is 29.6 Å². The second kappa shape index (κ2) is 7.76. The molecular formula is C17H28FN3. The van der Waals surface area contributed by atoms with Crippen LogP contribution in [0.1, 0.15) is 32.8 Å². The molecule has 0 saturated carbocycles. The van der Waals surface area contributed by atoms with Crippen molar-refractivity contribution in [2.45, 2.75) is 39.8 Å². The summed E-state index contributed by atoms with van der Waals surface area (Å²) < 4.78 is 14.4. The largest absolute Gasteiger partial charge is 0.366 e. The second-order valence-corrected chi connectivity index (χ2v) is 5.85. The highest BCUT2D eigenvalue weighted by atomic mass is 19.1. The first-order valence-corrected chi connectivity index (χ1v) is 8.14. The molecule has 1 aromatic carbocycles. The Morgan fingerprint density at radius 1 is 1.29 bits per heavy atom. The number of rotatable bonds is 6. The van der Waals surface area contributed by atoms with Crippen LogP contribution < -0.4 is 10.2 Å². The topological polar surface area (TPSA) is 18.5 Å². The Hall–Kier alpha value is -1.13. The second-order valence-electron chi connectivity index (χ2n) is 5.85. The van der Waals surface area contributed by atoms with Crippen molar-refractivity contribution in [2.75, 3.05) is 37.6 Å². The monoisotopic (exact) mass is 293 g/mol. The van der Waals surface area contributed by atoms with Gasteiger partial charge in [0.1, 0.15) is 5.82 Å². The number of likely N-dealkylation sites (N-methyl/N-ethyl adjacent to an activating group) is 1. The molecule has 1 atom stereocenters. The fraction of sp³-hybridized carbons (Fsp3) is 0.647. The van der Waals surface area contributed by atoms with Crippen LogP contribution in [0.3, 0.4) is 0 Å². The minimum atomic E-state index is -0.0945. The van der Waals surface area contributed by atoms with E-state index in [0.29, 0.717) is 6.04 Å². The van der Waals surface area contributed by atoms with Crippen LogP contribution in [0.2, 0.25) is 0 Å². The van der Waals surface area contributed by atoms with Gasteiger partial charge in [-0.25, -0.2) is 4.39 Å². The summed E-state index contributed by atoms with van der Waals surface area (Å²) in [6, 6.07) is 5.90. The quantitative estimate of drug-likeness (QED) is 0.814. The zero-order valence-electron chi connectivity index (χ0n) is 13.5. The standard InChI is InChI=1S/C17H28FN3/c1-4-9-19-12-15-7-6-8-16(18)17(15)21-11-10-20(5-2)14(3)13-21/h6-8,14,19H,4-5,9-13H2,1-3H3. The van der Waals surface area contributed by atoms with E-state index < -0.39 is 0 Å². The average Bonchev–Trinajstić information content (AvgIpc) is 2.47. The fourth-order valence-electron chi connectivity index (χ4n) is 3.12. The third-order valence-corrected chi connectivity index (χ3v) is 4.30. The lowest BCUT2D eigenvalue weighted by atomic mass is 10.1. The van der Waals surface area contributed by atoms with Crippen LogP contribution in [-0.4, -0.2) is 43.7 Å². The lowest BCUT2D eigenvalue weighted by Crippen LogP contribution is -2.52. The lowest BCUT2D eigenvalue weighted by molar-refractivity contribution is 0.199. The van der Waals surface area contributed by atoms with Crippen LogP contribution in [0.25, 0.3) is 0 Å². The Labute approximate surface area is 128 Å². The predicted molar refractivity (Wildman–Crippen MR) is 87.3 cm³/mol. The number of hydrogen-bond acceptors (Lipinski definition) is 3.